The highest BCUT2D eigenvalue weighted by Crippen LogP contribution is 2.26. The van der Waals surface area contributed by atoms with Gasteiger partial charge in [-0.3, -0.25) is 4.79 Å². The first-order valence-electron chi connectivity index (χ1n) is 9.79. The maximum absolute atomic E-state index is 12.4. The fraction of sp³-hybridized carbons (Fsp3) is 0.318. The number of carbonyl (C=O) groups excluding carboxylic acids is 1. The number of thioether (sulfide) groups is 1. The van der Waals surface area contributed by atoms with Crippen LogP contribution in [-0.2, 0) is 11.3 Å². The summed E-state index contributed by atoms with van der Waals surface area (Å²) in [6, 6.07) is 15.0. The van der Waals surface area contributed by atoms with E-state index in [1.807, 2.05) is 48.5 Å². The zero-order valence-electron chi connectivity index (χ0n) is 17.4. The largest absolute Gasteiger partial charge is 0.497 e. The molecule has 0 aliphatic heterocycles. The van der Waals surface area contributed by atoms with Crippen LogP contribution in [0.3, 0.4) is 0 Å². The first kappa shape index (κ1) is 21.7. The van der Waals surface area contributed by atoms with Gasteiger partial charge in [0.2, 0.25) is 5.91 Å². The molecule has 1 aromatic heterocycles. The zero-order valence-corrected chi connectivity index (χ0v) is 18.2. The fourth-order valence-corrected chi connectivity index (χ4v) is 3.63. The molecule has 8 heteroatoms. The molecule has 30 heavy (non-hydrogen) atoms. The molecule has 0 saturated carbocycles. The number of nitrogens with one attached hydrogen (secondary N) is 1. The zero-order chi connectivity index (χ0) is 21.3. The Morgan fingerprint density at radius 2 is 1.63 bits per heavy atom. The molecule has 0 aliphatic carbocycles. The van der Waals surface area contributed by atoms with Gasteiger partial charge >= 0.3 is 0 Å². The van der Waals surface area contributed by atoms with E-state index in [9.17, 15) is 4.79 Å². The van der Waals surface area contributed by atoms with Crippen LogP contribution in [0.5, 0.6) is 11.5 Å². The Balaban J connectivity index is 1.69. The molecule has 0 radical (unpaired) electrons. The second-order valence-corrected chi connectivity index (χ2v) is 7.55. The lowest BCUT2D eigenvalue weighted by molar-refractivity contribution is -0.113. The second-order valence-electron chi connectivity index (χ2n) is 6.61. The van der Waals surface area contributed by atoms with Crippen LogP contribution in [0.1, 0.15) is 19.8 Å². The number of rotatable bonds is 10. The molecule has 0 spiro atoms. The van der Waals surface area contributed by atoms with E-state index in [-0.39, 0.29) is 11.7 Å². The molecule has 158 valence electrons. The van der Waals surface area contributed by atoms with Gasteiger partial charge in [-0.2, -0.15) is 0 Å². The van der Waals surface area contributed by atoms with Crippen LogP contribution < -0.4 is 14.8 Å². The first-order valence-corrected chi connectivity index (χ1v) is 10.8. The smallest absolute Gasteiger partial charge is 0.234 e. The molecule has 0 atom stereocenters. The molecule has 1 amide bonds. The molecule has 2 aromatic carbocycles. The molecule has 1 heterocycles. The molecular formula is C22H26N4O3S. The maximum Gasteiger partial charge on any atom is 0.234 e. The summed E-state index contributed by atoms with van der Waals surface area (Å²) in [6.45, 7) is 2.94. The number of methoxy groups -OCH3 is 2. The average molecular weight is 427 g/mol. The van der Waals surface area contributed by atoms with Gasteiger partial charge in [0, 0.05) is 17.8 Å². The summed E-state index contributed by atoms with van der Waals surface area (Å²) in [5.41, 5.74) is 1.70. The number of carbonyl (C=O) groups is 1. The maximum atomic E-state index is 12.4. The molecule has 0 bridgehead atoms. The van der Waals surface area contributed by atoms with E-state index in [1.54, 1.807) is 14.2 Å². The lowest BCUT2D eigenvalue weighted by Crippen LogP contribution is -2.14. The Morgan fingerprint density at radius 1 is 1.00 bits per heavy atom. The number of ether oxygens (including phenoxy) is 2. The van der Waals surface area contributed by atoms with Crippen molar-refractivity contribution in [2.24, 2.45) is 0 Å². The van der Waals surface area contributed by atoms with Crippen molar-refractivity contribution < 1.29 is 14.3 Å². The normalized spacial score (nSPS) is 10.6. The van der Waals surface area contributed by atoms with Crippen LogP contribution in [0.15, 0.2) is 53.7 Å². The molecule has 0 unspecified atom stereocenters. The van der Waals surface area contributed by atoms with Crippen molar-refractivity contribution in [3.8, 4) is 22.9 Å². The number of anilines is 1. The summed E-state index contributed by atoms with van der Waals surface area (Å²) >= 11 is 1.38. The lowest BCUT2D eigenvalue weighted by atomic mass is 10.2. The van der Waals surface area contributed by atoms with Gasteiger partial charge in [-0.25, -0.2) is 0 Å². The van der Waals surface area contributed by atoms with E-state index >= 15 is 0 Å². The van der Waals surface area contributed by atoms with Gasteiger partial charge in [-0.15, -0.1) is 10.2 Å². The predicted molar refractivity (Wildman–Crippen MR) is 119 cm³/mol. The van der Waals surface area contributed by atoms with Crippen molar-refractivity contribution in [2.75, 3.05) is 25.3 Å². The van der Waals surface area contributed by atoms with E-state index in [0.29, 0.717) is 0 Å². The number of unbranched alkanes of at least 4 members (excludes halogenated alkanes) is 1. The number of amides is 1. The Hall–Kier alpha value is -3.00. The van der Waals surface area contributed by atoms with Gasteiger partial charge in [-0.1, -0.05) is 25.1 Å². The molecule has 7 nitrogen and oxygen atoms in total. The second kappa shape index (κ2) is 10.7. The van der Waals surface area contributed by atoms with Crippen LogP contribution >= 0.6 is 11.8 Å². The summed E-state index contributed by atoms with van der Waals surface area (Å²) in [6.07, 6.45) is 2.06. The van der Waals surface area contributed by atoms with Crippen LogP contribution in [0.25, 0.3) is 11.4 Å². The monoisotopic (exact) mass is 426 g/mol. The summed E-state index contributed by atoms with van der Waals surface area (Å²) in [4.78, 5) is 12.4. The van der Waals surface area contributed by atoms with Crippen LogP contribution in [0, 0.1) is 0 Å². The minimum Gasteiger partial charge on any atom is -0.497 e. The third kappa shape index (κ3) is 5.54. The summed E-state index contributed by atoms with van der Waals surface area (Å²) in [5, 5.41) is 12.3. The Kier molecular flexibility index (Phi) is 7.73. The summed E-state index contributed by atoms with van der Waals surface area (Å²) in [7, 11) is 3.25. The van der Waals surface area contributed by atoms with Gasteiger partial charge in [0.1, 0.15) is 11.5 Å². The van der Waals surface area contributed by atoms with Gasteiger partial charge in [0.25, 0.3) is 0 Å². The standard InChI is InChI=1S/C22H26N4O3S/c1-4-5-14-26-21(16-6-10-18(28-2)11-7-16)24-25-22(26)30-15-20(27)23-17-8-12-19(29-3)13-9-17/h6-13H,4-5,14-15H2,1-3H3,(H,23,27). The Bertz CT molecular complexity index is 956. The Labute approximate surface area is 180 Å². The average Bonchev–Trinajstić information content (AvgIpc) is 3.19. The highest BCUT2D eigenvalue weighted by molar-refractivity contribution is 7.99. The van der Waals surface area contributed by atoms with Crippen LogP contribution in [-0.4, -0.2) is 40.6 Å². The van der Waals surface area contributed by atoms with Crippen LogP contribution in [0.4, 0.5) is 5.69 Å². The SMILES string of the molecule is CCCCn1c(SCC(=O)Nc2ccc(OC)cc2)nnc1-c1ccc(OC)cc1. The van der Waals surface area contributed by atoms with Crippen LogP contribution in [0.2, 0.25) is 0 Å². The van der Waals surface area contributed by atoms with Crippen molar-refractivity contribution in [2.45, 2.75) is 31.5 Å². The molecule has 1 N–H and O–H groups in total. The fourth-order valence-electron chi connectivity index (χ4n) is 2.87. The van der Waals surface area contributed by atoms with Gasteiger partial charge in [-0.05, 0) is 55.0 Å². The number of aromatic nitrogens is 3. The topological polar surface area (TPSA) is 78.3 Å². The molecule has 0 fully saturated rings. The number of benzene rings is 2. The molecular weight excluding hydrogens is 400 g/mol. The first-order chi connectivity index (χ1) is 14.6. The van der Waals surface area contributed by atoms with Gasteiger partial charge in [0.15, 0.2) is 11.0 Å². The Morgan fingerprint density at radius 3 is 2.23 bits per heavy atom. The quantitative estimate of drug-likeness (QED) is 0.481. The molecule has 0 aliphatic rings. The minimum absolute atomic E-state index is 0.0961. The predicted octanol–water partition coefficient (Wildman–Crippen LogP) is 4.49. The van der Waals surface area contributed by atoms with E-state index in [1.165, 1.54) is 11.8 Å². The van der Waals surface area contributed by atoms with Crippen molar-refractivity contribution >= 4 is 23.4 Å². The van der Waals surface area contributed by atoms with E-state index in [4.69, 9.17) is 9.47 Å². The summed E-state index contributed by atoms with van der Waals surface area (Å²) < 4.78 is 12.4. The highest BCUT2D eigenvalue weighted by atomic mass is 32.2. The molecule has 3 aromatic rings. The molecule has 3 rings (SSSR count). The van der Waals surface area contributed by atoms with Gasteiger partial charge < -0.3 is 19.4 Å². The number of nitrogens with zero attached hydrogens (tertiary/aromatic N) is 3. The number of hydrogen-bond donors (Lipinski definition) is 1. The van der Waals surface area contributed by atoms with E-state index in [2.05, 4.69) is 27.0 Å². The minimum atomic E-state index is -0.0961. The van der Waals surface area contributed by atoms with Crippen molar-refractivity contribution in [3.63, 3.8) is 0 Å². The van der Waals surface area contributed by atoms with E-state index in [0.717, 1.165) is 53.1 Å². The summed E-state index contributed by atoms with van der Waals surface area (Å²) in [5.74, 6) is 2.49. The van der Waals surface area contributed by atoms with Gasteiger partial charge in [0.05, 0.1) is 20.0 Å². The van der Waals surface area contributed by atoms with Crippen molar-refractivity contribution in [1.82, 2.24) is 14.8 Å². The third-order valence-electron chi connectivity index (χ3n) is 4.51. The molecule has 0 saturated heterocycles. The lowest BCUT2D eigenvalue weighted by Gasteiger charge is -2.10. The number of hydrogen-bond acceptors (Lipinski definition) is 6. The highest BCUT2D eigenvalue weighted by Gasteiger charge is 2.15. The van der Waals surface area contributed by atoms with E-state index < -0.39 is 0 Å². The van der Waals surface area contributed by atoms with Crippen molar-refractivity contribution in [3.05, 3.63) is 48.5 Å². The third-order valence-corrected chi connectivity index (χ3v) is 5.47. The van der Waals surface area contributed by atoms with Crippen molar-refractivity contribution in [1.29, 1.82) is 0 Å².